The highest BCUT2D eigenvalue weighted by atomic mass is 35.5. The van der Waals surface area contributed by atoms with Crippen molar-refractivity contribution in [3.05, 3.63) is 0 Å². The molecule has 16 heavy (non-hydrogen) atoms. The molecule has 0 aromatic heterocycles. The van der Waals surface area contributed by atoms with Gasteiger partial charge in [-0.15, -0.1) is 23.2 Å². The molecule has 2 rings (SSSR count). The average Bonchev–Trinajstić information content (AvgIpc) is 2.84. The van der Waals surface area contributed by atoms with Gasteiger partial charge in [-0.3, -0.25) is 0 Å². The third-order valence-electron chi connectivity index (χ3n) is 2.59. The molecule has 0 spiro atoms. The Bertz CT molecular complexity index is 195. The third-order valence-corrected chi connectivity index (χ3v) is 3.44. The second-order valence-corrected chi connectivity index (χ2v) is 4.95. The molecule has 94 valence electrons. The van der Waals surface area contributed by atoms with Crippen LogP contribution < -0.4 is 0 Å². The highest BCUT2D eigenvalue weighted by molar-refractivity contribution is 6.21. The normalized spacial score (nSPS) is 39.4. The van der Waals surface area contributed by atoms with Gasteiger partial charge in [-0.2, -0.15) is 0 Å². The SMILES string of the molecule is ClC1CCOC1OCCOC1OCCC1Cl. The molecule has 2 fully saturated rings. The molecule has 2 aliphatic rings. The van der Waals surface area contributed by atoms with Crippen molar-refractivity contribution in [2.45, 2.75) is 36.2 Å². The molecule has 4 nitrogen and oxygen atoms in total. The number of hydrogen-bond acceptors (Lipinski definition) is 4. The van der Waals surface area contributed by atoms with Gasteiger partial charge in [0.05, 0.1) is 37.2 Å². The fourth-order valence-corrected chi connectivity index (χ4v) is 2.18. The third kappa shape index (κ3) is 3.45. The molecular weight excluding hydrogens is 255 g/mol. The van der Waals surface area contributed by atoms with Crippen LogP contribution in [-0.4, -0.2) is 49.8 Å². The fraction of sp³-hybridized carbons (Fsp3) is 1.00. The number of ether oxygens (including phenoxy) is 4. The Hall–Kier alpha value is 0.420. The molecular formula is C10H16Cl2O4. The van der Waals surface area contributed by atoms with E-state index >= 15 is 0 Å². The van der Waals surface area contributed by atoms with E-state index in [4.69, 9.17) is 42.1 Å². The van der Waals surface area contributed by atoms with Crippen LogP contribution in [0.15, 0.2) is 0 Å². The topological polar surface area (TPSA) is 36.9 Å². The summed E-state index contributed by atoms with van der Waals surface area (Å²) in [6, 6.07) is 0. The number of rotatable bonds is 5. The van der Waals surface area contributed by atoms with Gasteiger partial charge in [-0.05, 0) is 12.8 Å². The minimum absolute atomic E-state index is 0.0523. The largest absolute Gasteiger partial charge is 0.351 e. The molecule has 0 bridgehead atoms. The monoisotopic (exact) mass is 270 g/mol. The molecule has 0 saturated carbocycles. The maximum atomic E-state index is 5.97. The van der Waals surface area contributed by atoms with Crippen molar-refractivity contribution >= 4 is 23.2 Å². The lowest BCUT2D eigenvalue weighted by atomic mass is 10.3. The minimum Gasteiger partial charge on any atom is -0.351 e. The van der Waals surface area contributed by atoms with Crippen molar-refractivity contribution in [1.82, 2.24) is 0 Å². The first kappa shape index (κ1) is 12.9. The van der Waals surface area contributed by atoms with E-state index in [-0.39, 0.29) is 23.3 Å². The second kappa shape index (κ2) is 6.38. The molecule has 2 saturated heterocycles. The van der Waals surface area contributed by atoms with E-state index in [9.17, 15) is 0 Å². The van der Waals surface area contributed by atoms with Gasteiger partial charge in [-0.1, -0.05) is 0 Å². The number of alkyl halides is 2. The standard InChI is InChI=1S/C10H16Cl2O4/c11-7-1-3-13-9(7)15-5-6-16-10-8(12)2-4-14-10/h7-10H,1-6H2. The first-order chi connectivity index (χ1) is 7.77. The predicted octanol–water partition coefficient (Wildman–Crippen LogP) is 1.73. The molecule has 0 aliphatic carbocycles. The Morgan fingerprint density at radius 3 is 1.62 bits per heavy atom. The van der Waals surface area contributed by atoms with Crippen LogP contribution in [0.2, 0.25) is 0 Å². The van der Waals surface area contributed by atoms with E-state index in [0.29, 0.717) is 26.4 Å². The summed E-state index contributed by atoms with van der Waals surface area (Å²) in [5, 5.41) is -0.105. The van der Waals surface area contributed by atoms with E-state index < -0.39 is 0 Å². The zero-order valence-corrected chi connectivity index (χ0v) is 10.5. The van der Waals surface area contributed by atoms with Crippen LogP contribution in [-0.2, 0) is 18.9 Å². The number of hydrogen-bond donors (Lipinski definition) is 0. The van der Waals surface area contributed by atoms with Crippen LogP contribution in [0.25, 0.3) is 0 Å². The van der Waals surface area contributed by atoms with Crippen molar-refractivity contribution in [2.75, 3.05) is 26.4 Å². The maximum absolute atomic E-state index is 5.97. The lowest BCUT2D eigenvalue weighted by Gasteiger charge is -2.17. The molecule has 0 aromatic carbocycles. The minimum atomic E-state index is -0.304. The van der Waals surface area contributed by atoms with Gasteiger partial charge in [0, 0.05) is 0 Å². The Labute approximate surface area is 105 Å². The first-order valence-corrected chi connectivity index (χ1v) is 6.39. The summed E-state index contributed by atoms with van der Waals surface area (Å²) in [5.41, 5.74) is 0. The van der Waals surface area contributed by atoms with Crippen molar-refractivity contribution in [3.63, 3.8) is 0 Å². The summed E-state index contributed by atoms with van der Waals surface area (Å²) in [6.07, 6.45) is 1.06. The van der Waals surface area contributed by atoms with Crippen LogP contribution in [0.5, 0.6) is 0 Å². The van der Waals surface area contributed by atoms with E-state index in [0.717, 1.165) is 12.8 Å². The highest BCUT2D eigenvalue weighted by Crippen LogP contribution is 2.21. The lowest BCUT2D eigenvalue weighted by molar-refractivity contribution is -0.153. The van der Waals surface area contributed by atoms with E-state index in [2.05, 4.69) is 0 Å². The van der Waals surface area contributed by atoms with E-state index in [1.54, 1.807) is 0 Å². The van der Waals surface area contributed by atoms with Crippen LogP contribution in [0, 0.1) is 0 Å². The Morgan fingerprint density at radius 1 is 0.875 bits per heavy atom. The average molecular weight is 271 g/mol. The molecule has 2 heterocycles. The summed E-state index contributed by atoms with van der Waals surface area (Å²) in [7, 11) is 0. The van der Waals surface area contributed by atoms with Crippen LogP contribution in [0.3, 0.4) is 0 Å². The zero-order chi connectivity index (χ0) is 11.4. The van der Waals surface area contributed by atoms with Gasteiger partial charge in [-0.25, -0.2) is 0 Å². The van der Waals surface area contributed by atoms with Crippen molar-refractivity contribution in [3.8, 4) is 0 Å². The van der Waals surface area contributed by atoms with Crippen molar-refractivity contribution < 1.29 is 18.9 Å². The quantitative estimate of drug-likeness (QED) is 0.563. The Kier molecular flexibility index (Phi) is 5.13. The second-order valence-electron chi connectivity index (χ2n) is 3.83. The summed E-state index contributed by atoms with van der Waals surface area (Å²) in [4.78, 5) is 0. The zero-order valence-electron chi connectivity index (χ0n) is 8.94. The molecule has 6 heteroatoms. The summed E-state index contributed by atoms with van der Waals surface area (Å²) >= 11 is 11.9. The molecule has 0 amide bonds. The number of halogens is 2. The molecule has 4 unspecified atom stereocenters. The Balaban J connectivity index is 1.54. The first-order valence-electron chi connectivity index (χ1n) is 5.52. The molecule has 0 aromatic rings. The highest BCUT2D eigenvalue weighted by Gasteiger charge is 2.28. The van der Waals surface area contributed by atoms with Crippen molar-refractivity contribution in [2.24, 2.45) is 0 Å². The van der Waals surface area contributed by atoms with Gasteiger partial charge in [0.15, 0.2) is 12.6 Å². The Morgan fingerprint density at radius 2 is 1.31 bits per heavy atom. The predicted molar refractivity (Wildman–Crippen MR) is 59.9 cm³/mol. The molecule has 2 aliphatic heterocycles. The van der Waals surface area contributed by atoms with Gasteiger partial charge in [0.25, 0.3) is 0 Å². The summed E-state index contributed by atoms with van der Waals surface area (Å²) < 4.78 is 21.4. The molecule has 4 atom stereocenters. The lowest BCUT2D eigenvalue weighted by Crippen LogP contribution is -2.26. The summed E-state index contributed by atoms with van der Waals surface area (Å²) in [6.45, 7) is 2.21. The molecule has 0 radical (unpaired) electrons. The van der Waals surface area contributed by atoms with Crippen molar-refractivity contribution in [1.29, 1.82) is 0 Å². The van der Waals surface area contributed by atoms with Gasteiger partial charge >= 0.3 is 0 Å². The van der Waals surface area contributed by atoms with Crippen LogP contribution >= 0.6 is 23.2 Å². The van der Waals surface area contributed by atoms with E-state index in [1.165, 1.54) is 0 Å². The smallest absolute Gasteiger partial charge is 0.173 e. The fourth-order valence-electron chi connectivity index (χ4n) is 1.71. The summed E-state index contributed by atoms with van der Waals surface area (Å²) in [5.74, 6) is 0. The van der Waals surface area contributed by atoms with E-state index in [1.807, 2.05) is 0 Å². The van der Waals surface area contributed by atoms with Gasteiger partial charge < -0.3 is 18.9 Å². The van der Waals surface area contributed by atoms with Crippen LogP contribution in [0.1, 0.15) is 12.8 Å². The van der Waals surface area contributed by atoms with Gasteiger partial charge in [0.2, 0.25) is 0 Å². The maximum Gasteiger partial charge on any atom is 0.173 e. The molecule has 0 N–H and O–H groups in total. The van der Waals surface area contributed by atoms with Gasteiger partial charge in [0.1, 0.15) is 0 Å². The van der Waals surface area contributed by atoms with Crippen LogP contribution in [0.4, 0.5) is 0 Å².